The zero-order chi connectivity index (χ0) is 13.2. The molecule has 1 aromatic heterocycles. The van der Waals surface area contributed by atoms with Crippen LogP contribution < -0.4 is 10.2 Å². The second-order valence-electron chi connectivity index (χ2n) is 4.67. The first kappa shape index (κ1) is 14.6. The molecule has 0 bridgehead atoms. The van der Waals surface area contributed by atoms with E-state index in [0.29, 0.717) is 12.3 Å². The highest BCUT2D eigenvalue weighted by Gasteiger charge is 2.23. The number of anilines is 1. The molecule has 20 heavy (non-hydrogen) atoms. The van der Waals surface area contributed by atoms with Crippen LogP contribution in [-0.2, 0) is 6.54 Å². The highest BCUT2D eigenvalue weighted by atomic mass is 35.5. The zero-order valence-corrected chi connectivity index (χ0v) is 12.1. The molecule has 1 amide bonds. The summed E-state index contributed by atoms with van der Waals surface area (Å²) in [5.41, 5.74) is 2.10. The molecule has 0 fully saturated rings. The Hall–Kier alpha value is -1.78. The lowest BCUT2D eigenvalue weighted by atomic mass is 10.1. The molecule has 2 aromatic rings. The van der Waals surface area contributed by atoms with Crippen molar-refractivity contribution in [3.63, 3.8) is 0 Å². The molecule has 0 saturated carbocycles. The number of amides is 1. The molecule has 0 aliphatic carbocycles. The Morgan fingerprint density at radius 1 is 1.25 bits per heavy atom. The third kappa shape index (κ3) is 2.71. The van der Waals surface area contributed by atoms with Crippen LogP contribution in [0.4, 0.5) is 5.69 Å². The zero-order valence-electron chi connectivity index (χ0n) is 11.3. The van der Waals surface area contributed by atoms with Crippen LogP contribution >= 0.6 is 12.4 Å². The van der Waals surface area contributed by atoms with E-state index in [9.17, 15) is 4.79 Å². The number of hydrogen-bond donors (Lipinski definition) is 1. The van der Waals surface area contributed by atoms with Crippen molar-refractivity contribution in [1.29, 1.82) is 0 Å². The average molecular weight is 293 g/mol. The van der Waals surface area contributed by atoms with Gasteiger partial charge in [0.25, 0.3) is 5.91 Å². The Morgan fingerprint density at radius 2 is 2.05 bits per heavy atom. The van der Waals surface area contributed by atoms with Crippen molar-refractivity contribution >= 4 is 24.0 Å². The monoisotopic (exact) mass is 292 g/mol. The lowest BCUT2D eigenvalue weighted by molar-refractivity contribution is 0.0959. The van der Waals surface area contributed by atoms with Gasteiger partial charge in [-0.15, -0.1) is 12.4 Å². The van der Waals surface area contributed by atoms with E-state index in [1.165, 1.54) is 0 Å². The maximum absolute atomic E-state index is 12.5. The molecule has 2 heterocycles. The number of rotatable bonds is 1. The second kappa shape index (κ2) is 6.11. The van der Waals surface area contributed by atoms with Crippen LogP contribution in [0.25, 0.3) is 0 Å². The van der Waals surface area contributed by atoms with Crippen LogP contribution in [0.15, 0.2) is 40.8 Å². The summed E-state index contributed by atoms with van der Waals surface area (Å²) >= 11 is 0. The summed E-state index contributed by atoms with van der Waals surface area (Å²) in [6.45, 7) is 4.06. The van der Waals surface area contributed by atoms with E-state index < -0.39 is 0 Å². The summed E-state index contributed by atoms with van der Waals surface area (Å²) in [4.78, 5) is 14.3. The Labute approximate surface area is 124 Å². The molecule has 0 saturated heterocycles. The van der Waals surface area contributed by atoms with Gasteiger partial charge >= 0.3 is 0 Å². The number of nitrogens with one attached hydrogen (secondary N) is 1. The van der Waals surface area contributed by atoms with Gasteiger partial charge in [-0.1, -0.05) is 18.2 Å². The van der Waals surface area contributed by atoms with Gasteiger partial charge in [-0.05, 0) is 30.7 Å². The van der Waals surface area contributed by atoms with Crippen LogP contribution in [0.1, 0.15) is 21.9 Å². The minimum absolute atomic E-state index is 0. The first-order valence-electron chi connectivity index (χ1n) is 6.42. The average Bonchev–Trinajstić information content (AvgIpc) is 2.74. The van der Waals surface area contributed by atoms with Crippen LogP contribution in [-0.4, -0.2) is 19.0 Å². The Kier molecular flexibility index (Phi) is 4.47. The minimum Gasteiger partial charge on any atom is -0.456 e. The topological polar surface area (TPSA) is 45.5 Å². The summed E-state index contributed by atoms with van der Waals surface area (Å²) in [5.74, 6) is 1.07. The summed E-state index contributed by atoms with van der Waals surface area (Å²) < 4.78 is 5.44. The predicted octanol–water partition coefficient (Wildman–Crippen LogP) is 2.76. The van der Waals surface area contributed by atoms with Gasteiger partial charge in [0.15, 0.2) is 5.76 Å². The molecule has 0 atom stereocenters. The van der Waals surface area contributed by atoms with Gasteiger partial charge in [-0.2, -0.15) is 0 Å². The van der Waals surface area contributed by atoms with E-state index in [2.05, 4.69) is 5.32 Å². The largest absolute Gasteiger partial charge is 0.456 e. The van der Waals surface area contributed by atoms with Gasteiger partial charge < -0.3 is 14.6 Å². The third-order valence-corrected chi connectivity index (χ3v) is 3.31. The number of carbonyl (C=O) groups excluding carboxylic acids is 1. The molecule has 4 nitrogen and oxygen atoms in total. The van der Waals surface area contributed by atoms with Crippen molar-refractivity contribution in [2.45, 2.75) is 13.5 Å². The molecule has 1 N–H and O–H groups in total. The first-order valence-corrected chi connectivity index (χ1v) is 6.42. The summed E-state index contributed by atoms with van der Waals surface area (Å²) in [6.07, 6.45) is 0. The second-order valence-corrected chi connectivity index (χ2v) is 4.67. The molecule has 106 valence electrons. The molecule has 0 unspecified atom stereocenters. The van der Waals surface area contributed by atoms with Crippen molar-refractivity contribution in [1.82, 2.24) is 5.32 Å². The Morgan fingerprint density at radius 3 is 2.80 bits per heavy atom. The fourth-order valence-electron chi connectivity index (χ4n) is 2.35. The fraction of sp³-hybridized carbons (Fsp3) is 0.267. The normalized spacial score (nSPS) is 14.2. The van der Waals surface area contributed by atoms with Gasteiger partial charge in [0, 0.05) is 25.3 Å². The molecule has 0 spiro atoms. The number of fused-ring (bicyclic) bond motifs is 1. The van der Waals surface area contributed by atoms with E-state index in [1.54, 1.807) is 11.0 Å². The molecular formula is C15H17ClN2O2. The third-order valence-electron chi connectivity index (χ3n) is 3.31. The van der Waals surface area contributed by atoms with Crippen molar-refractivity contribution in [2.75, 3.05) is 18.0 Å². The van der Waals surface area contributed by atoms with Gasteiger partial charge in [-0.25, -0.2) is 0 Å². The van der Waals surface area contributed by atoms with Gasteiger partial charge in [-0.3, -0.25) is 4.79 Å². The van der Waals surface area contributed by atoms with E-state index in [4.69, 9.17) is 4.42 Å². The van der Waals surface area contributed by atoms with E-state index >= 15 is 0 Å². The van der Waals surface area contributed by atoms with Crippen molar-refractivity contribution in [3.05, 3.63) is 53.5 Å². The first-order chi connectivity index (χ1) is 9.25. The molecule has 1 aliphatic rings. The maximum Gasteiger partial charge on any atom is 0.294 e. The Bertz CT molecular complexity index is 609. The van der Waals surface area contributed by atoms with Crippen LogP contribution in [0, 0.1) is 6.92 Å². The summed E-state index contributed by atoms with van der Waals surface area (Å²) in [6, 6.07) is 11.5. The molecular weight excluding hydrogens is 276 g/mol. The number of benzene rings is 1. The number of furan rings is 1. The number of hydrogen-bond acceptors (Lipinski definition) is 3. The molecule has 1 aliphatic heterocycles. The molecule has 0 radical (unpaired) electrons. The lowest BCUT2D eigenvalue weighted by Crippen LogP contribution is -2.34. The maximum atomic E-state index is 12.5. The minimum atomic E-state index is -0.0794. The number of nitrogens with zero attached hydrogens (tertiary/aromatic N) is 1. The van der Waals surface area contributed by atoms with Gasteiger partial charge in [0.05, 0.1) is 0 Å². The molecule has 5 heteroatoms. The standard InChI is InChI=1S/C15H16N2O2.ClH/c1-11-6-7-14(19-11)15(18)17-9-8-16-10-12-4-2-3-5-13(12)17;/h2-7,16H,8-10H2,1H3;1H. The van der Waals surface area contributed by atoms with Gasteiger partial charge in [0.2, 0.25) is 0 Å². The number of para-hydroxylation sites is 1. The smallest absolute Gasteiger partial charge is 0.294 e. The van der Waals surface area contributed by atoms with E-state index in [-0.39, 0.29) is 18.3 Å². The lowest BCUT2D eigenvalue weighted by Gasteiger charge is -2.21. The summed E-state index contributed by atoms with van der Waals surface area (Å²) in [5, 5.41) is 3.32. The van der Waals surface area contributed by atoms with E-state index in [0.717, 1.165) is 30.1 Å². The Balaban J connectivity index is 0.00000147. The number of halogens is 1. The number of aryl methyl sites for hydroxylation is 1. The fourth-order valence-corrected chi connectivity index (χ4v) is 2.35. The highest BCUT2D eigenvalue weighted by molar-refractivity contribution is 6.04. The predicted molar refractivity (Wildman–Crippen MR) is 80.5 cm³/mol. The summed E-state index contributed by atoms with van der Waals surface area (Å²) in [7, 11) is 0. The molecule has 1 aromatic carbocycles. The van der Waals surface area contributed by atoms with Crippen molar-refractivity contribution in [3.8, 4) is 0 Å². The van der Waals surface area contributed by atoms with Crippen LogP contribution in [0.3, 0.4) is 0 Å². The highest BCUT2D eigenvalue weighted by Crippen LogP contribution is 2.24. The number of carbonyl (C=O) groups is 1. The SMILES string of the molecule is Cc1ccc(C(=O)N2CCNCc3ccccc32)o1.Cl. The van der Waals surface area contributed by atoms with E-state index in [1.807, 2.05) is 37.3 Å². The van der Waals surface area contributed by atoms with Gasteiger partial charge in [0.1, 0.15) is 5.76 Å². The van der Waals surface area contributed by atoms with Crippen LogP contribution in [0.2, 0.25) is 0 Å². The van der Waals surface area contributed by atoms with Crippen molar-refractivity contribution < 1.29 is 9.21 Å². The quantitative estimate of drug-likeness (QED) is 0.879. The molecule has 3 rings (SSSR count). The van der Waals surface area contributed by atoms with Crippen molar-refractivity contribution in [2.24, 2.45) is 0 Å². The van der Waals surface area contributed by atoms with Crippen LogP contribution in [0.5, 0.6) is 0 Å².